The Labute approximate surface area is 317 Å². The van der Waals surface area contributed by atoms with Gasteiger partial charge in [-0.25, -0.2) is 0 Å². The number of allylic oxidation sites excluding steroid dienone is 1. The highest BCUT2D eigenvalue weighted by molar-refractivity contribution is 5.81. The molecule has 0 amide bonds. The number of aliphatic carboxylic acids is 1. The van der Waals surface area contributed by atoms with Crippen LogP contribution in [-0.4, -0.2) is 85.8 Å². The van der Waals surface area contributed by atoms with Gasteiger partial charge in [0.1, 0.15) is 6.10 Å². The fraction of sp³-hybridized carbons (Fsp3) is 0.911. The molecule has 7 nitrogen and oxygen atoms in total. The van der Waals surface area contributed by atoms with E-state index in [1.165, 1.54) is 103 Å². The lowest BCUT2D eigenvalue weighted by Gasteiger charge is -2.73. The highest BCUT2D eigenvalue weighted by atomic mass is 16.5. The lowest BCUT2D eigenvalue weighted by Crippen LogP contribution is -2.66. The lowest BCUT2D eigenvalue weighted by molar-refractivity contribution is -0.250. The number of nitrogens with one attached hydrogen (secondary N) is 1. The fourth-order valence-corrected chi connectivity index (χ4v) is 14.5. The summed E-state index contributed by atoms with van der Waals surface area (Å²) in [4.78, 5) is 29.9. The van der Waals surface area contributed by atoms with E-state index in [0.717, 1.165) is 37.8 Å². The maximum Gasteiger partial charge on any atom is 0.309 e. The number of carboxylic acids is 1. The van der Waals surface area contributed by atoms with E-state index < -0.39 is 11.4 Å². The van der Waals surface area contributed by atoms with Crippen LogP contribution in [0.1, 0.15) is 139 Å². The van der Waals surface area contributed by atoms with E-state index in [1.807, 2.05) is 0 Å². The molecule has 6 aliphatic rings. The first-order valence-electron chi connectivity index (χ1n) is 21.5. The van der Waals surface area contributed by atoms with Crippen LogP contribution < -0.4 is 5.32 Å². The summed E-state index contributed by atoms with van der Waals surface area (Å²) in [6.45, 7) is 31.3. The van der Waals surface area contributed by atoms with Crippen molar-refractivity contribution in [3.05, 3.63) is 12.2 Å². The van der Waals surface area contributed by atoms with Crippen LogP contribution in [0.4, 0.5) is 0 Å². The van der Waals surface area contributed by atoms with Crippen molar-refractivity contribution in [2.24, 2.45) is 62.1 Å². The molecule has 10 atom stereocenters. The van der Waals surface area contributed by atoms with Gasteiger partial charge in [0, 0.05) is 31.6 Å². The van der Waals surface area contributed by atoms with Gasteiger partial charge >= 0.3 is 11.9 Å². The molecule has 52 heavy (non-hydrogen) atoms. The quantitative estimate of drug-likeness (QED) is 0.119. The van der Waals surface area contributed by atoms with Crippen molar-refractivity contribution in [2.75, 3.05) is 52.9 Å². The number of fused-ring (bicyclic) bond motifs is 7. The summed E-state index contributed by atoms with van der Waals surface area (Å²) in [6.07, 6.45) is 14.8. The van der Waals surface area contributed by atoms with Crippen LogP contribution in [0.25, 0.3) is 0 Å². The minimum Gasteiger partial charge on any atom is -0.481 e. The van der Waals surface area contributed by atoms with Crippen LogP contribution in [0.15, 0.2) is 12.2 Å². The standard InChI is InChI=1S/C45H77N3O4/c1-31(2)32-14-19-45(22-24-46-23-11-25-48-28-26-47(10)27-29-48)21-20-43(8)33(38(32)45)12-13-35-42(7)17-16-36(52-37(49)30-40(3,4)39(50)51)41(5,6)34(42)15-18-44(35,43)9/h32-36,38,46H,1,11-30H2,2-10H3,(H,50,51)/t32-,33+,34-,35+,36-,38+,42-,43+,44+,45+/m0/s1. The number of hydrogen-bond acceptors (Lipinski definition) is 6. The fourth-order valence-electron chi connectivity index (χ4n) is 14.5. The first-order valence-corrected chi connectivity index (χ1v) is 21.5. The molecule has 0 unspecified atom stereocenters. The molecule has 6 fully saturated rings. The summed E-state index contributed by atoms with van der Waals surface area (Å²) in [6, 6.07) is 0. The number of hydrogen-bond donors (Lipinski definition) is 2. The average molecular weight is 724 g/mol. The number of piperazine rings is 1. The Morgan fingerprint density at radius 2 is 1.58 bits per heavy atom. The van der Waals surface area contributed by atoms with Gasteiger partial charge in [0.15, 0.2) is 0 Å². The van der Waals surface area contributed by atoms with Gasteiger partial charge in [0.2, 0.25) is 0 Å². The number of likely N-dealkylation sites (N-methyl/N-ethyl adjacent to an activating group) is 1. The molecule has 1 heterocycles. The molecule has 7 heteroatoms. The molecule has 1 aliphatic heterocycles. The van der Waals surface area contributed by atoms with E-state index in [4.69, 9.17) is 4.74 Å². The third-order valence-corrected chi connectivity index (χ3v) is 17.8. The smallest absolute Gasteiger partial charge is 0.309 e. The zero-order chi connectivity index (χ0) is 37.9. The predicted octanol–water partition coefficient (Wildman–Crippen LogP) is 8.67. The number of nitrogens with zero attached hydrogens (tertiary/aromatic N) is 2. The molecule has 5 aliphatic carbocycles. The summed E-state index contributed by atoms with van der Waals surface area (Å²) >= 11 is 0. The van der Waals surface area contributed by atoms with E-state index >= 15 is 0 Å². The van der Waals surface area contributed by atoms with E-state index in [0.29, 0.717) is 34.0 Å². The van der Waals surface area contributed by atoms with Crippen LogP contribution in [0.3, 0.4) is 0 Å². The topological polar surface area (TPSA) is 82.1 Å². The highest BCUT2D eigenvalue weighted by Gasteiger charge is 2.71. The second kappa shape index (κ2) is 14.6. The third kappa shape index (κ3) is 6.86. The zero-order valence-corrected chi connectivity index (χ0v) is 34.9. The summed E-state index contributed by atoms with van der Waals surface area (Å²) < 4.78 is 6.21. The van der Waals surface area contributed by atoms with Crippen molar-refractivity contribution in [1.29, 1.82) is 0 Å². The third-order valence-electron chi connectivity index (χ3n) is 17.8. The number of rotatable bonds is 12. The molecular formula is C45H77N3O4. The molecule has 0 aromatic carbocycles. The van der Waals surface area contributed by atoms with Crippen molar-refractivity contribution in [3.8, 4) is 0 Å². The molecule has 0 bridgehead atoms. The second-order valence-electron chi connectivity index (χ2n) is 21.3. The lowest BCUT2D eigenvalue weighted by atomic mass is 9.32. The zero-order valence-electron chi connectivity index (χ0n) is 34.9. The normalized spacial score (nSPS) is 42.0. The Morgan fingerprint density at radius 1 is 0.865 bits per heavy atom. The van der Waals surface area contributed by atoms with Gasteiger partial charge in [-0.05, 0) is 176 Å². The molecule has 6 rings (SSSR count). The molecule has 5 saturated carbocycles. The van der Waals surface area contributed by atoms with Crippen molar-refractivity contribution in [2.45, 2.75) is 145 Å². The number of carbonyl (C=O) groups excluding carboxylic acids is 1. The molecule has 0 spiro atoms. The molecule has 0 aromatic heterocycles. The van der Waals surface area contributed by atoms with Gasteiger partial charge in [-0.1, -0.05) is 46.8 Å². The van der Waals surface area contributed by atoms with E-state index in [2.05, 4.69) is 70.3 Å². The van der Waals surface area contributed by atoms with Crippen LogP contribution in [0, 0.1) is 62.1 Å². The van der Waals surface area contributed by atoms with Crippen molar-refractivity contribution in [1.82, 2.24) is 15.1 Å². The van der Waals surface area contributed by atoms with Crippen molar-refractivity contribution >= 4 is 11.9 Å². The Balaban J connectivity index is 1.14. The molecule has 2 N–H and O–H groups in total. The van der Waals surface area contributed by atoms with E-state index in [-0.39, 0.29) is 29.3 Å². The molecule has 0 radical (unpaired) electrons. The molecular weight excluding hydrogens is 647 g/mol. The van der Waals surface area contributed by atoms with Gasteiger partial charge in [0.05, 0.1) is 11.8 Å². The molecule has 1 saturated heterocycles. The Morgan fingerprint density at radius 3 is 2.25 bits per heavy atom. The van der Waals surface area contributed by atoms with Gasteiger partial charge in [-0.2, -0.15) is 0 Å². The summed E-state index contributed by atoms with van der Waals surface area (Å²) in [7, 11) is 2.24. The number of esters is 1. The second-order valence-corrected chi connectivity index (χ2v) is 21.3. The van der Waals surface area contributed by atoms with Crippen LogP contribution >= 0.6 is 0 Å². The summed E-state index contributed by atoms with van der Waals surface area (Å²) in [5.74, 6) is 2.00. The van der Waals surface area contributed by atoms with Crippen LogP contribution in [0.2, 0.25) is 0 Å². The van der Waals surface area contributed by atoms with Gasteiger partial charge in [-0.15, -0.1) is 0 Å². The summed E-state index contributed by atoms with van der Waals surface area (Å²) in [5.41, 5.74) is 1.43. The average Bonchev–Trinajstić information content (AvgIpc) is 3.45. The molecule has 296 valence electrons. The molecule has 0 aromatic rings. The minimum atomic E-state index is -1.12. The SMILES string of the molecule is C=C(C)[C@@H]1CC[C@]2(CCNCCCN3CCN(C)CC3)CC[C@]3(C)[C@H](CC[C@@H]4[C@@]5(C)CC[C@H](OC(=O)CC(C)(C)C(=O)O)C(C)(C)[C@@H]5CC[C@]43C)[C@@H]12. The Bertz CT molecular complexity index is 1340. The Hall–Kier alpha value is -1.44. The highest BCUT2D eigenvalue weighted by Crippen LogP contribution is 2.78. The first kappa shape index (κ1) is 40.2. The van der Waals surface area contributed by atoms with Gasteiger partial charge in [-0.3, -0.25) is 9.59 Å². The van der Waals surface area contributed by atoms with Gasteiger partial charge < -0.3 is 25.0 Å². The number of carboxylic acid groups (broad SMARTS) is 1. The number of ether oxygens (including phenoxy) is 1. The minimum absolute atomic E-state index is 0.0852. The predicted molar refractivity (Wildman–Crippen MR) is 211 cm³/mol. The van der Waals surface area contributed by atoms with Crippen LogP contribution in [-0.2, 0) is 14.3 Å². The van der Waals surface area contributed by atoms with E-state index in [1.54, 1.807) is 13.8 Å². The first-order chi connectivity index (χ1) is 24.3. The maximum atomic E-state index is 13.1. The monoisotopic (exact) mass is 724 g/mol. The summed E-state index contributed by atoms with van der Waals surface area (Å²) in [5, 5.41) is 13.5. The van der Waals surface area contributed by atoms with Crippen molar-refractivity contribution < 1.29 is 19.4 Å². The van der Waals surface area contributed by atoms with Crippen LogP contribution in [0.5, 0.6) is 0 Å². The van der Waals surface area contributed by atoms with Crippen molar-refractivity contribution in [3.63, 3.8) is 0 Å². The Kier molecular flexibility index (Phi) is 11.3. The van der Waals surface area contributed by atoms with E-state index in [9.17, 15) is 14.7 Å². The maximum absolute atomic E-state index is 13.1. The largest absolute Gasteiger partial charge is 0.481 e. The van der Waals surface area contributed by atoms with Gasteiger partial charge in [0.25, 0.3) is 0 Å². The number of carbonyl (C=O) groups is 2.